The highest BCUT2D eigenvalue weighted by atomic mass is 16.5. The van der Waals surface area contributed by atoms with E-state index in [2.05, 4.69) is 11.4 Å². The van der Waals surface area contributed by atoms with Crippen molar-refractivity contribution in [3.8, 4) is 11.5 Å². The second kappa shape index (κ2) is 7.66. The molecular weight excluding hydrogens is 266 g/mol. The highest BCUT2D eigenvalue weighted by molar-refractivity contribution is 5.46. The van der Waals surface area contributed by atoms with Gasteiger partial charge < -0.3 is 19.9 Å². The van der Waals surface area contributed by atoms with Gasteiger partial charge in [0.15, 0.2) is 11.5 Å². The highest BCUT2D eigenvalue weighted by Gasteiger charge is 2.32. The largest absolute Gasteiger partial charge is 0.493 e. The quantitative estimate of drug-likeness (QED) is 0.774. The number of nitrogens with one attached hydrogen (secondary N) is 1. The Hall–Kier alpha value is -1.26. The van der Waals surface area contributed by atoms with E-state index in [1.54, 1.807) is 7.11 Å². The molecule has 0 bridgehead atoms. The molecule has 21 heavy (non-hydrogen) atoms. The van der Waals surface area contributed by atoms with Crippen LogP contribution in [0.25, 0.3) is 0 Å². The van der Waals surface area contributed by atoms with Crippen LogP contribution in [0, 0.1) is 5.41 Å². The van der Waals surface area contributed by atoms with Gasteiger partial charge in [-0.25, -0.2) is 0 Å². The van der Waals surface area contributed by atoms with Crippen molar-refractivity contribution in [3.63, 3.8) is 0 Å². The molecule has 1 fully saturated rings. The second-order valence-corrected chi connectivity index (χ2v) is 5.85. The molecule has 1 aliphatic carbocycles. The average Bonchev–Trinajstić information content (AvgIpc) is 2.97. The van der Waals surface area contributed by atoms with Crippen molar-refractivity contribution in [1.29, 1.82) is 0 Å². The third-order valence-electron chi connectivity index (χ3n) is 4.38. The van der Waals surface area contributed by atoms with Crippen LogP contribution in [-0.4, -0.2) is 32.0 Å². The zero-order valence-electron chi connectivity index (χ0n) is 13.2. The maximum atomic E-state index is 9.64. The summed E-state index contributed by atoms with van der Waals surface area (Å²) >= 11 is 0. The van der Waals surface area contributed by atoms with Crippen LogP contribution in [0.3, 0.4) is 0 Å². The molecule has 1 aliphatic rings. The number of hydrogen-bond donors (Lipinski definition) is 2. The lowest BCUT2D eigenvalue weighted by molar-refractivity contribution is 0.128. The third-order valence-corrected chi connectivity index (χ3v) is 4.38. The fourth-order valence-corrected chi connectivity index (χ4v) is 3.18. The molecule has 0 amide bonds. The van der Waals surface area contributed by atoms with Crippen molar-refractivity contribution in [2.75, 3.05) is 26.9 Å². The molecule has 4 heteroatoms. The van der Waals surface area contributed by atoms with E-state index < -0.39 is 0 Å². The van der Waals surface area contributed by atoms with E-state index >= 15 is 0 Å². The van der Waals surface area contributed by atoms with Crippen LogP contribution in [0.2, 0.25) is 0 Å². The Morgan fingerprint density at radius 2 is 2.05 bits per heavy atom. The van der Waals surface area contributed by atoms with Crippen molar-refractivity contribution >= 4 is 0 Å². The topological polar surface area (TPSA) is 50.7 Å². The Morgan fingerprint density at radius 1 is 1.29 bits per heavy atom. The molecule has 0 aromatic heterocycles. The lowest BCUT2D eigenvalue weighted by atomic mass is 9.87. The van der Waals surface area contributed by atoms with E-state index in [9.17, 15) is 5.11 Å². The van der Waals surface area contributed by atoms with E-state index in [1.165, 1.54) is 12.8 Å². The SMILES string of the molecule is CCOc1cccc(CNCC2(CO)CCCC2)c1OC. The van der Waals surface area contributed by atoms with Crippen LogP contribution in [-0.2, 0) is 6.54 Å². The molecule has 0 radical (unpaired) electrons. The molecule has 0 saturated heterocycles. The molecule has 2 rings (SSSR count). The van der Waals surface area contributed by atoms with E-state index in [4.69, 9.17) is 9.47 Å². The summed E-state index contributed by atoms with van der Waals surface area (Å²) < 4.78 is 11.1. The van der Waals surface area contributed by atoms with E-state index in [0.717, 1.165) is 43.0 Å². The zero-order valence-corrected chi connectivity index (χ0v) is 13.2. The molecule has 1 saturated carbocycles. The first-order chi connectivity index (χ1) is 10.2. The first-order valence-electron chi connectivity index (χ1n) is 7.85. The van der Waals surface area contributed by atoms with Crippen molar-refractivity contribution in [3.05, 3.63) is 23.8 Å². The molecule has 0 unspecified atom stereocenters. The van der Waals surface area contributed by atoms with Gasteiger partial charge in [-0.15, -0.1) is 0 Å². The predicted molar refractivity (Wildman–Crippen MR) is 83.9 cm³/mol. The van der Waals surface area contributed by atoms with Crippen LogP contribution in [0.1, 0.15) is 38.2 Å². The van der Waals surface area contributed by atoms with Gasteiger partial charge in [0.25, 0.3) is 0 Å². The van der Waals surface area contributed by atoms with Crippen LogP contribution in [0.15, 0.2) is 18.2 Å². The van der Waals surface area contributed by atoms with Crippen LogP contribution in [0.5, 0.6) is 11.5 Å². The average molecular weight is 293 g/mol. The normalized spacial score (nSPS) is 16.9. The molecule has 0 aliphatic heterocycles. The minimum Gasteiger partial charge on any atom is -0.493 e. The standard InChI is InChI=1S/C17H27NO3/c1-3-21-15-8-6-7-14(16(15)20-2)11-18-12-17(13-19)9-4-5-10-17/h6-8,18-19H,3-5,9-13H2,1-2H3. The molecule has 118 valence electrons. The summed E-state index contributed by atoms with van der Waals surface area (Å²) in [6, 6.07) is 5.97. The Kier molecular flexibility index (Phi) is 5.88. The Labute approximate surface area is 127 Å². The fraction of sp³-hybridized carbons (Fsp3) is 0.647. The molecule has 2 N–H and O–H groups in total. The summed E-state index contributed by atoms with van der Waals surface area (Å²) in [7, 11) is 1.67. The molecule has 0 heterocycles. The van der Waals surface area contributed by atoms with Crippen molar-refractivity contribution in [2.24, 2.45) is 5.41 Å². The summed E-state index contributed by atoms with van der Waals surface area (Å²) in [5, 5.41) is 13.1. The Morgan fingerprint density at radius 3 is 2.67 bits per heavy atom. The van der Waals surface area contributed by atoms with Gasteiger partial charge in [-0.1, -0.05) is 25.0 Å². The third kappa shape index (κ3) is 3.89. The van der Waals surface area contributed by atoms with Gasteiger partial charge in [0.2, 0.25) is 0 Å². The van der Waals surface area contributed by atoms with E-state index in [0.29, 0.717) is 6.61 Å². The monoisotopic (exact) mass is 293 g/mol. The number of ether oxygens (including phenoxy) is 2. The Bertz CT molecular complexity index is 442. The second-order valence-electron chi connectivity index (χ2n) is 5.85. The molecule has 0 atom stereocenters. The lowest BCUT2D eigenvalue weighted by Gasteiger charge is -2.27. The van der Waals surface area contributed by atoms with Gasteiger partial charge in [-0.3, -0.25) is 0 Å². The number of hydrogen-bond acceptors (Lipinski definition) is 4. The van der Waals surface area contributed by atoms with Crippen LogP contribution in [0.4, 0.5) is 0 Å². The molecule has 1 aromatic rings. The predicted octanol–water partition coefficient (Wildman–Crippen LogP) is 2.74. The van der Waals surface area contributed by atoms with E-state index in [1.807, 2.05) is 19.1 Å². The molecular formula is C17H27NO3. The fourth-order valence-electron chi connectivity index (χ4n) is 3.18. The number of methoxy groups -OCH3 is 1. The van der Waals surface area contributed by atoms with E-state index in [-0.39, 0.29) is 12.0 Å². The van der Waals surface area contributed by atoms with Crippen LogP contribution >= 0.6 is 0 Å². The first kappa shape index (κ1) is 16.1. The highest BCUT2D eigenvalue weighted by Crippen LogP contribution is 2.37. The van der Waals surface area contributed by atoms with Gasteiger partial charge in [0.05, 0.1) is 13.7 Å². The molecule has 1 aromatic carbocycles. The number of rotatable bonds is 8. The van der Waals surface area contributed by atoms with Gasteiger partial charge >= 0.3 is 0 Å². The lowest BCUT2D eigenvalue weighted by Crippen LogP contribution is -2.34. The molecule has 4 nitrogen and oxygen atoms in total. The Balaban J connectivity index is 1.98. The minimum atomic E-state index is 0.0742. The maximum absolute atomic E-state index is 9.64. The maximum Gasteiger partial charge on any atom is 0.165 e. The van der Waals surface area contributed by atoms with Gasteiger partial charge in [-0.05, 0) is 25.8 Å². The summed E-state index contributed by atoms with van der Waals surface area (Å²) in [5.41, 5.74) is 1.17. The van der Waals surface area contributed by atoms with Crippen molar-refractivity contribution in [1.82, 2.24) is 5.32 Å². The number of benzene rings is 1. The number of aliphatic hydroxyl groups excluding tert-OH is 1. The smallest absolute Gasteiger partial charge is 0.165 e. The summed E-state index contributed by atoms with van der Waals surface area (Å²) in [5.74, 6) is 1.59. The number of para-hydroxylation sites is 1. The first-order valence-corrected chi connectivity index (χ1v) is 7.85. The summed E-state index contributed by atoms with van der Waals surface area (Å²) in [6.07, 6.45) is 4.69. The van der Waals surface area contributed by atoms with Gasteiger partial charge in [0.1, 0.15) is 0 Å². The zero-order chi connectivity index (χ0) is 15.1. The van der Waals surface area contributed by atoms with Gasteiger partial charge in [0, 0.05) is 30.7 Å². The van der Waals surface area contributed by atoms with Gasteiger partial charge in [-0.2, -0.15) is 0 Å². The minimum absolute atomic E-state index is 0.0742. The summed E-state index contributed by atoms with van der Waals surface area (Å²) in [4.78, 5) is 0. The van der Waals surface area contributed by atoms with Crippen LogP contribution < -0.4 is 14.8 Å². The van der Waals surface area contributed by atoms with Crippen molar-refractivity contribution < 1.29 is 14.6 Å². The number of aliphatic hydroxyl groups is 1. The summed E-state index contributed by atoms with van der Waals surface area (Å²) in [6.45, 7) is 4.45. The van der Waals surface area contributed by atoms with Crippen molar-refractivity contribution in [2.45, 2.75) is 39.2 Å². The molecule has 0 spiro atoms.